The average Bonchev–Trinajstić information content (AvgIpc) is 2.70. The van der Waals surface area contributed by atoms with Crippen molar-refractivity contribution in [3.63, 3.8) is 0 Å². The molecule has 0 bridgehead atoms. The molecule has 4 heteroatoms. The van der Waals surface area contributed by atoms with Crippen LogP contribution in [0.2, 0.25) is 0 Å². The summed E-state index contributed by atoms with van der Waals surface area (Å²) >= 11 is 0. The van der Waals surface area contributed by atoms with E-state index in [1.54, 1.807) is 6.07 Å². The van der Waals surface area contributed by atoms with Crippen LogP contribution in [0.25, 0.3) is 0 Å². The second kappa shape index (κ2) is 5.13. The lowest BCUT2D eigenvalue weighted by atomic mass is 9.88. The summed E-state index contributed by atoms with van der Waals surface area (Å²) in [6.07, 6.45) is 1.52. The predicted octanol–water partition coefficient (Wildman–Crippen LogP) is 2.54. The van der Waals surface area contributed by atoms with E-state index >= 15 is 0 Å². The molecule has 0 fully saturated rings. The molecule has 1 unspecified atom stereocenters. The van der Waals surface area contributed by atoms with Crippen molar-refractivity contribution >= 4 is 0 Å². The molecule has 102 valence electrons. The van der Waals surface area contributed by atoms with Crippen molar-refractivity contribution in [3.05, 3.63) is 53.1 Å². The van der Waals surface area contributed by atoms with Gasteiger partial charge in [-0.15, -0.1) is 0 Å². The number of hydrogen-bond donors (Lipinski definition) is 1. The Hall–Kier alpha value is -1.68. The lowest BCUT2D eigenvalue weighted by Crippen LogP contribution is -2.36. The molecule has 1 aromatic heterocycles. The number of hydrogen-bond acceptors (Lipinski definition) is 2. The molecule has 0 radical (unpaired) electrons. The van der Waals surface area contributed by atoms with Gasteiger partial charge in [-0.25, -0.2) is 4.39 Å². The lowest BCUT2D eigenvalue weighted by molar-refractivity contribution is 0.468. The first-order valence-corrected chi connectivity index (χ1v) is 6.49. The third-order valence-electron chi connectivity index (χ3n) is 3.42. The summed E-state index contributed by atoms with van der Waals surface area (Å²) < 4.78 is 15.2. The molecule has 1 heterocycles. The van der Waals surface area contributed by atoms with E-state index in [0.717, 1.165) is 23.4 Å². The molecule has 2 rings (SSSR count). The molecule has 2 N–H and O–H groups in total. The van der Waals surface area contributed by atoms with Crippen molar-refractivity contribution in [2.45, 2.75) is 32.2 Å². The summed E-state index contributed by atoms with van der Waals surface area (Å²) in [5.41, 5.74) is 8.65. The van der Waals surface area contributed by atoms with E-state index in [0.29, 0.717) is 6.42 Å². The van der Waals surface area contributed by atoms with Gasteiger partial charge in [0.1, 0.15) is 5.82 Å². The van der Waals surface area contributed by atoms with Crippen LogP contribution in [0.3, 0.4) is 0 Å². The Morgan fingerprint density at radius 2 is 2.11 bits per heavy atom. The van der Waals surface area contributed by atoms with E-state index in [-0.39, 0.29) is 5.82 Å². The van der Waals surface area contributed by atoms with E-state index < -0.39 is 5.54 Å². The maximum atomic E-state index is 13.3. The predicted molar refractivity (Wildman–Crippen MR) is 74.2 cm³/mol. The molecule has 0 saturated carbocycles. The van der Waals surface area contributed by atoms with Crippen LogP contribution in [0, 0.1) is 5.82 Å². The van der Waals surface area contributed by atoms with E-state index in [1.807, 2.05) is 24.7 Å². The Bertz CT molecular complexity index is 573. The molecule has 0 spiro atoms. The van der Waals surface area contributed by atoms with Crippen molar-refractivity contribution in [2.24, 2.45) is 12.8 Å². The van der Waals surface area contributed by atoms with Gasteiger partial charge in [0.05, 0.1) is 5.69 Å². The van der Waals surface area contributed by atoms with Gasteiger partial charge < -0.3 is 5.73 Å². The first-order valence-electron chi connectivity index (χ1n) is 6.49. The fourth-order valence-corrected chi connectivity index (χ4v) is 2.23. The minimum Gasteiger partial charge on any atom is -0.321 e. The van der Waals surface area contributed by atoms with Crippen LogP contribution < -0.4 is 5.73 Å². The SMILES string of the molecule is CCc1cc(CC(C)(N)c2cccc(F)c2)n(C)n1. The van der Waals surface area contributed by atoms with Crippen molar-refractivity contribution in [1.29, 1.82) is 0 Å². The topological polar surface area (TPSA) is 43.8 Å². The molecular weight excluding hydrogens is 241 g/mol. The number of halogens is 1. The number of nitrogens with two attached hydrogens (primary N) is 1. The molecule has 3 nitrogen and oxygen atoms in total. The Morgan fingerprint density at radius 3 is 2.68 bits per heavy atom. The monoisotopic (exact) mass is 261 g/mol. The Labute approximate surface area is 113 Å². The standard InChI is InChI=1S/C15H20FN3/c1-4-13-9-14(19(3)18-13)10-15(2,17)11-6-5-7-12(16)8-11/h5-9H,4,10,17H2,1-3H3. The Balaban J connectivity index is 2.27. The quantitative estimate of drug-likeness (QED) is 0.919. The van der Waals surface area contributed by atoms with Gasteiger partial charge in [-0.2, -0.15) is 5.10 Å². The average molecular weight is 261 g/mol. The lowest BCUT2D eigenvalue weighted by Gasteiger charge is -2.25. The zero-order chi connectivity index (χ0) is 14.0. The molecule has 1 atom stereocenters. The third-order valence-corrected chi connectivity index (χ3v) is 3.42. The van der Waals surface area contributed by atoms with Crippen LogP contribution in [0.5, 0.6) is 0 Å². The van der Waals surface area contributed by atoms with Crippen LogP contribution >= 0.6 is 0 Å². The molecule has 0 aliphatic rings. The normalized spacial score (nSPS) is 14.4. The van der Waals surface area contributed by atoms with Crippen LogP contribution in [-0.4, -0.2) is 9.78 Å². The van der Waals surface area contributed by atoms with Crippen molar-refractivity contribution in [1.82, 2.24) is 9.78 Å². The molecule has 0 aliphatic carbocycles. The Kier molecular flexibility index (Phi) is 3.71. The summed E-state index contributed by atoms with van der Waals surface area (Å²) in [7, 11) is 1.91. The number of benzene rings is 1. The van der Waals surface area contributed by atoms with Gasteiger partial charge in [0.25, 0.3) is 0 Å². The van der Waals surface area contributed by atoms with E-state index in [4.69, 9.17) is 5.73 Å². The number of aromatic nitrogens is 2. The zero-order valence-corrected chi connectivity index (χ0v) is 11.7. The molecule has 0 amide bonds. The summed E-state index contributed by atoms with van der Waals surface area (Å²) in [5.74, 6) is -0.256. The summed E-state index contributed by atoms with van der Waals surface area (Å²) in [4.78, 5) is 0. The maximum absolute atomic E-state index is 13.3. The minimum absolute atomic E-state index is 0.256. The summed E-state index contributed by atoms with van der Waals surface area (Å²) in [5, 5.41) is 4.41. The molecule has 2 aromatic rings. The zero-order valence-electron chi connectivity index (χ0n) is 11.7. The molecule has 0 aliphatic heterocycles. The highest BCUT2D eigenvalue weighted by molar-refractivity contribution is 5.26. The van der Waals surface area contributed by atoms with E-state index in [1.165, 1.54) is 12.1 Å². The second-order valence-corrected chi connectivity index (χ2v) is 5.21. The molecular formula is C15H20FN3. The van der Waals surface area contributed by atoms with Gasteiger partial charge in [0, 0.05) is 24.7 Å². The number of nitrogens with zero attached hydrogens (tertiary/aromatic N) is 2. The van der Waals surface area contributed by atoms with Crippen LogP contribution in [0.1, 0.15) is 30.8 Å². The van der Waals surface area contributed by atoms with Gasteiger partial charge >= 0.3 is 0 Å². The summed E-state index contributed by atoms with van der Waals surface area (Å²) in [6.45, 7) is 3.99. The fraction of sp³-hybridized carbons (Fsp3) is 0.400. The second-order valence-electron chi connectivity index (χ2n) is 5.21. The molecule has 0 saturated heterocycles. The highest BCUT2D eigenvalue weighted by atomic mass is 19.1. The Morgan fingerprint density at radius 1 is 1.37 bits per heavy atom. The van der Waals surface area contributed by atoms with Crippen LogP contribution in [0.4, 0.5) is 4.39 Å². The summed E-state index contributed by atoms with van der Waals surface area (Å²) in [6, 6.07) is 8.54. The first kappa shape index (κ1) is 13.7. The van der Waals surface area contributed by atoms with Crippen LogP contribution in [0.15, 0.2) is 30.3 Å². The van der Waals surface area contributed by atoms with Gasteiger partial charge in [-0.1, -0.05) is 19.1 Å². The van der Waals surface area contributed by atoms with Gasteiger partial charge in [0.2, 0.25) is 0 Å². The maximum Gasteiger partial charge on any atom is 0.123 e. The van der Waals surface area contributed by atoms with Crippen LogP contribution in [-0.2, 0) is 25.4 Å². The van der Waals surface area contributed by atoms with Gasteiger partial charge in [-0.05, 0) is 37.1 Å². The number of aryl methyl sites for hydroxylation is 2. The van der Waals surface area contributed by atoms with Gasteiger partial charge in [0.15, 0.2) is 0 Å². The third kappa shape index (κ3) is 3.01. The highest BCUT2D eigenvalue weighted by Crippen LogP contribution is 2.23. The molecule has 1 aromatic carbocycles. The van der Waals surface area contributed by atoms with Crippen molar-refractivity contribution in [3.8, 4) is 0 Å². The highest BCUT2D eigenvalue weighted by Gasteiger charge is 2.24. The van der Waals surface area contributed by atoms with Crippen molar-refractivity contribution in [2.75, 3.05) is 0 Å². The van der Waals surface area contributed by atoms with Gasteiger partial charge in [-0.3, -0.25) is 4.68 Å². The molecule has 19 heavy (non-hydrogen) atoms. The largest absolute Gasteiger partial charge is 0.321 e. The smallest absolute Gasteiger partial charge is 0.123 e. The van der Waals surface area contributed by atoms with E-state index in [9.17, 15) is 4.39 Å². The first-order chi connectivity index (χ1) is 8.92. The fourth-order valence-electron chi connectivity index (χ4n) is 2.23. The van der Waals surface area contributed by atoms with Crippen molar-refractivity contribution < 1.29 is 4.39 Å². The minimum atomic E-state index is -0.610. The number of rotatable bonds is 4. The van der Waals surface area contributed by atoms with E-state index in [2.05, 4.69) is 18.1 Å².